The molecule has 1 heterocycles. The Kier molecular flexibility index (Phi) is 4.12. The van der Waals surface area contributed by atoms with Crippen molar-refractivity contribution in [3.05, 3.63) is 83.9 Å². The van der Waals surface area contributed by atoms with E-state index in [0.717, 1.165) is 44.1 Å². The summed E-state index contributed by atoms with van der Waals surface area (Å²) in [4.78, 5) is 4.85. The van der Waals surface area contributed by atoms with Crippen molar-refractivity contribution in [2.45, 2.75) is 0 Å². The van der Waals surface area contributed by atoms with Crippen molar-refractivity contribution in [2.75, 3.05) is 7.11 Å². The van der Waals surface area contributed by atoms with E-state index in [4.69, 9.17) is 21.3 Å². The van der Waals surface area contributed by atoms with E-state index < -0.39 is 0 Å². The lowest BCUT2D eigenvalue weighted by Crippen LogP contribution is -1.91. The lowest BCUT2D eigenvalue weighted by atomic mass is 9.98. The van der Waals surface area contributed by atoms with E-state index in [2.05, 4.69) is 24.3 Å². The van der Waals surface area contributed by atoms with Gasteiger partial charge in [0.1, 0.15) is 5.75 Å². The Morgan fingerprint density at radius 3 is 2.28 bits per heavy atom. The van der Waals surface area contributed by atoms with Crippen molar-refractivity contribution in [1.82, 2.24) is 4.98 Å². The first-order valence-electron chi connectivity index (χ1n) is 8.05. The molecule has 2 nitrogen and oxygen atoms in total. The smallest absolute Gasteiger partial charge is 0.121 e. The molecule has 0 fully saturated rings. The Labute approximate surface area is 151 Å². The lowest BCUT2D eigenvalue weighted by Gasteiger charge is -2.11. The van der Waals surface area contributed by atoms with Crippen LogP contribution in [0.15, 0.2) is 78.9 Å². The normalized spacial score (nSPS) is 10.8. The van der Waals surface area contributed by atoms with Crippen molar-refractivity contribution in [2.24, 2.45) is 0 Å². The van der Waals surface area contributed by atoms with Crippen molar-refractivity contribution < 1.29 is 4.74 Å². The van der Waals surface area contributed by atoms with Crippen molar-refractivity contribution in [3.63, 3.8) is 0 Å². The van der Waals surface area contributed by atoms with Gasteiger partial charge in [0.15, 0.2) is 0 Å². The van der Waals surface area contributed by atoms with Crippen LogP contribution in [-0.2, 0) is 0 Å². The fourth-order valence-electron chi connectivity index (χ4n) is 2.96. The van der Waals surface area contributed by atoms with Crippen LogP contribution in [0, 0.1) is 0 Å². The number of halogens is 1. The summed E-state index contributed by atoms with van der Waals surface area (Å²) < 4.78 is 5.37. The van der Waals surface area contributed by atoms with E-state index in [9.17, 15) is 0 Å². The van der Waals surface area contributed by atoms with Crippen LogP contribution < -0.4 is 4.74 Å². The molecule has 0 saturated heterocycles. The second-order valence-corrected chi connectivity index (χ2v) is 6.25. The van der Waals surface area contributed by atoms with Gasteiger partial charge in [-0.05, 0) is 41.5 Å². The zero-order chi connectivity index (χ0) is 17.2. The number of rotatable bonds is 3. The predicted octanol–water partition coefficient (Wildman–Crippen LogP) is 6.23. The first kappa shape index (κ1) is 15.7. The van der Waals surface area contributed by atoms with Crippen molar-refractivity contribution in [3.8, 4) is 28.1 Å². The van der Waals surface area contributed by atoms with Gasteiger partial charge < -0.3 is 4.74 Å². The molecule has 25 heavy (non-hydrogen) atoms. The number of pyridine rings is 1. The second kappa shape index (κ2) is 6.58. The van der Waals surface area contributed by atoms with Gasteiger partial charge in [-0.25, -0.2) is 4.98 Å². The maximum atomic E-state index is 6.02. The van der Waals surface area contributed by atoms with Gasteiger partial charge in [-0.3, -0.25) is 0 Å². The molecule has 4 rings (SSSR count). The number of aromatic nitrogens is 1. The van der Waals surface area contributed by atoms with Crippen LogP contribution in [0.3, 0.4) is 0 Å². The van der Waals surface area contributed by atoms with E-state index in [-0.39, 0.29) is 0 Å². The van der Waals surface area contributed by atoms with Crippen LogP contribution in [0.1, 0.15) is 0 Å². The van der Waals surface area contributed by atoms with Crippen molar-refractivity contribution in [1.29, 1.82) is 0 Å². The zero-order valence-electron chi connectivity index (χ0n) is 13.7. The van der Waals surface area contributed by atoms with Crippen LogP contribution >= 0.6 is 11.6 Å². The molecule has 0 bridgehead atoms. The van der Waals surface area contributed by atoms with E-state index in [1.54, 1.807) is 7.11 Å². The van der Waals surface area contributed by atoms with E-state index in [1.165, 1.54) is 0 Å². The van der Waals surface area contributed by atoms with Gasteiger partial charge in [0.05, 0.1) is 18.3 Å². The largest absolute Gasteiger partial charge is 0.497 e. The molecule has 0 aliphatic carbocycles. The molecule has 4 aromatic rings. The molecule has 0 radical (unpaired) electrons. The first-order chi connectivity index (χ1) is 12.2. The number of nitrogens with zero attached hydrogens (tertiary/aromatic N) is 1. The SMILES string of the molecule is COc1ccc2c(-c3ccccc3)cc(-c3ccc(Cl)cc3)nc2c1. The molecule has 0 amide bonds. The minimum Gasteiger partial charge on any atom is -0.497 e. The average molecular weight is 346 g/mol. The summed E-state index contributed by atoms with van der Waals surface area (Å²) in [5.74, 6) is 0.798. The fourth-order valence-corrected chi connectivity index (χ4v) is 3.09. The van der Waals surface area contributed by atoms with Crippen LogP contribution in [0.4, 0.5) is 0 Å². The van der Waals surface area contributed by atoms with Gasteiger partial charge in [-0.15, -0.1) is 0 Å². The topological polar surface area (TPSA) is 22.1 Å². The highest BCUT2D eigenvalue weighted by Gasteiger charge is 2.10. The Morgan fingerprint density at radius 1 is 0.800 bits per heavy atom. The summed E-state index contributed by atoms with van der Waals surface area (Å²) in [6.07, 6.45) is 0. The predicted molar refractivity (Wildman–Crippen MR) is 104 cm³/mol. The third-order valence-electron chi connectivity index (χ3n) is 4.24. The standard InChI is InChI=1S/C22H16ClNO/c1-25-18-11-12-19-20(15-5-3-2-4-6-15)14-21(24-22(19)13-18)16-7-9-17(23)10-8-16/h2-14H,1H3. The highest BCUT2D eigenvalue weighted by atomic mass is 35.5. The molecule has 0 N–H and O–H groups in total. The summed E-state index contributed by atoms with van der Waals surface area (Å²) in [6.45, 7) is 0. The number of hydrogen-bond donors (Lipinski definition) is 0. The quantitative estimate of drug-likeness (QED) is 0.439. The average Bonchev–Trinajstić information content (AvgIpc) is 2.68. The Hall–Kier alpha value is -2.84. The summed E-state index contributed by atoms with van der Waals surface area (Å²) in [6, 6.07) is 26.2. The van der Waals surface area contributed by atoms with Gasteiger partial charge in [-0.1, -0.05) is 54.1 Å². The molecular formula is C22H16ClNO. The summed E-state index contributed by atoms with van der Waals surface area (Å²) in [5.41, 5.74) is 5.17. The second-order valence-electron chi connectivity index (χ2n) is 5.81. The highest BCUT2D eigenvalue weighted by Crippen LogP contribution is 2.33. The lowest BCUT2D eigenvalue weighted by molar-refractivity contribution is 0.415. The summed E-state index contributed by atoms with van der Waals surface area (Å²) >= 11 is 6.02. The summed E-state index contributed by atoms with van der Waals surface area (Å²) in [5, 5.41) is 1.82. The zero-order valence-corrected chi connectivity index (χ0v) is 14.5. The monoisotopic (exact) mass is 345 g/mol. The molecule has 0 spiro atoms. The molecule has 1 aromatic heterocycles. The van der Waals surface area contributed by atoms with Gasteiger partial charge in [-0.2, -0.15) is 0 Å². The maximum absolute atomic E-state index is 6.02. The van der Waals surface area contributed by atoms with Gasteiger partial charge in [0, 0.05) is 22.0 Å². The molecular weight excluding hydrogens is 330 g/mol. The molecule has 3 aromatic carbocycles. The Balaban J connectivity index is 1.99. The van der Waals surface area contributed by atoms with Crippen LogP contribution in [0.2, 0.25) is 5.02 Å². The third-order valence-corrected chi connectivity index (χ3v) is 4.49. The molecule has 0 aliphatic heterocycles. The first-order valence-corrected chi connectivity index (χ1v) is 8.42. The number of fused-ring (bicyclic) bond motifs is 1. The molecule has 0 unspecified atom stereocenters. The van der Waals surface area contributed by atoms with Crippen LogP contribution in [-0.4, -0.2) is 12.1 Å². The molecule has 0 atom stereocenters. The Morgan fingerprint density at radius 2 is 1.56 bits per heavy atom. The minimum absolute atomic E-state index is 0.717. The van der Waals surface area contributed by atoms with Crippen LogP contribution in [0.25, 0.3) is 33.3 Å². The maximum Gasteiger partial charge on any atom is 0.121 e. The number of ether oxygens (including phenoxy) is 1. The summed E-state index contributed by atoms with van der Waals surface area (Å²) in [7, 11) is 1.67. The minimum atomic E-state index is 0.717. The molecule has 0 aliphatic rings. The van der Waals surface area contributed by atoms with Gasteiger partial charge >= 0.3 is 0 Å². The van der Waals surface area contributed by atoms with Gasteiger partial charge in [0.25, 0.3) is 0 Å². The fraction of sp³-hybridized carbons (Fsp3) is 0.0455. The van der Waals surface area contributed by atoms with Gasteiger partial charge in [0.2, 0.25) is 0 Å². The van der Waals surface area contributed by atoms with E-state index in [0.29, 0.717) is 0 Å². The Bertz CT molecular complexity index is 1030. The highest BCUT2D eigenvalue weighted by molar-refractivity contribution is 6.30. The third kappa shape index (κ3) is 3.09. The molecule has 122 valence electrons. The molecule has 0 saturated carbocycles. The van der Waals surface area contributed by atoms with Crippen molar-refractivity contribution >= 4 is 22.5 Å². The van der Waals surface area contributed by atoms with E-state index >= 15 is 0 Å². The number of hydrogen-bond acceptors (Lipinski definition) is 2. The number of benzene rings is 3. The number of methoxy groups -OCH3 is 1. The van der Waals surface area contributed by atoms with Crippen LogP contribution in [0.5, 0.6) is 5.75 Å². The van der Waals surface area contributed by atoms with E-state index in [1.807, 2.05) is 54.6 Å². The molecule has 3 heteroatoms.